The summed E-state index contributed by atoms with van der Waals surface area (Å²) in [6.07, 6.45) is 3.68. The van der Waals surface area contributed by atoms with Crippen LogP contribution in [0.3, 0.4) is 0 Å². The Balaban J connectivity index is 1.99. The first-order chi connectivity index (χ1) is 12.6. The molecule has 3 nitrogen and oxygen atoms in total. The highest BCUT2D eigenvalue weighted by Gasteiger charge is 2.20. The second-order valence-corrected chi connectivity index (χ2v) is 6.57. The zero-order valence-electron chi connectivity index (χ0n) is 15.1. The lowest BCUT2D eigenvalue weighted by atomic mass is 9.99. The molecule has 0 aromatic heterocycles. The van der Waals surface area contributed by atoms with Gasteiger partial charge in [0, 0.05) is 41.6 Å². The first-order valence-electron chi connectivity index (χ1n) is 8.92. The van der Waals surface area contributed by atoms with E-state index in [1.54, 1.807) is 18.3 Å². The van der Waals surface area contributed by atoms with E-state index in [9.17, 15) is 4.39 Å². The van der Waals surface area contributed by atoms with Crippen LogP contribution in [0.1, 0.15) is 25.0 Å². The minimum Gasteiger partial charge on any atom is -0.345 e. The zero-order valence-corrected chi connectivity index (χ0v) is 15.9. The summed E-state index contributed by atoms with van der Waals surface area (Å²) < 4.78 is 14.4. The van der Waals surface area contributed by atoms with Crippen LogP contribution in [0.5, 0.6) is 0 Å². The van der Waals surface area contributed by atoms with Gasteiger partial charge in [-0.25, -0.2) is 4.39 Å². The predicted octanol–water partition coefficient (Wildman–Crippen LogP) is 4.95. The van der Waals surface area contributed by atoms with Crippen molar-refractivity contribution in [3.05, 3.63) is 76.8 Å². The Labute approximate surface area is 159 Å². The van der Waals surface area contributed by atoms with Crippen LogP contribution in [-0.4, -0.2) is 36.8 Å². The topological polar surface area (TPSA) is 18.8 Å². The molecule has 0 amide bonds. The molecule has 0 N–H and O–H groups in total. The van der Waals surface area contributed by atoms with Gasteiger partial charge in [0.05, 0.1) is 11.4 Å². The lowest BCUT2D eigenvalue weighted by molar-refractivity contribution is 0.312. The highest BCUT2D eigenvalue weighted by molar-refractivity contribution is 6.31. The fourth-order valence-electron chi connectivity index (χ4n) is 3.14. The average molecular weight is 372 g/mol. The quantitative estimate of drug-likeness (QED) is 0.715. The van der Waals surface area contributed by atoms with Gasteiger partial charge >= 0.3 is 0 Å². The van der Waals surface area contributed by atoms with E-state index in [2.05, 4.69) is 28.6 Å². The van der Waals surface area contributed by atoms with Crippen LogP contribution in [0.2, 0.25) is 5.02 Å². The van der Waals surface area contributed by atoms with Crippen molar-refractivity contribution >= 4 is 23.0 Å². The third-order valence-electron chi connectivity index (χ3n) is 4.65. The van der Waals surface area contributed by atoms with Crippen molar-refractivity contribution in [1.82, 2.24) is 4.90 Å². The summed E-state index contributed by atoms with van der Waals surface area (Å²) in [5, 5.41) is 0.610. The van der Waals surface area contributed by atoms with Crippen LogP contribution in [0.15, 0.2) is 59.9 Å². The van der Waals surface area contributed by atoms with Crippen LogP contribution in [0.4, 0.5) is 10.1 Å². The molecule has 5 heteroatoms. The van der Waals surface area contributed by atoms with Gasteiger partial charge in [-0.3, -0.25) is 4.99 Å². The molecule has 0 saturated heterocycles. The molecular formula is C21H23ClFN3. The van der Waals surface area contributed by atoms with Crippen molar-refractivity contribution < 1.29 is 4.39 Å². The Kier molecular flexibility index (Phi) is 6.07. The molecule has 0 aliphatic carbocycles. The minimum absolute atomic E-state index is 0.290. The summed E-state index contributed by atoms with van der Waals surface area (Å²) >= 11 is 6.25. The number of fused-ring (bicyclic) bond motifs is 1. The van der Waals surface area contributed by atoms with Crippen molar-refractivity contribution in [3.8, 4) is 0 Å². The number of anilines is 1. The van der Waals surface area contributed by atoms with Gasteiger partial charge in [-0.15, -0.1) is 0 Å². The van der Waals surface area contributed by atoms with Gasteiger partial charge < -0.3 is 9.80 Å². The van der Waals surface area contributed by atoms with Crippen molar-refractivity contribution in [2.45, 2.75) is 13.8 Å². The number of halogens is 2. The van der Waals surface area contributed by atoms with Gasteiger partial charge in [0.1, 0.15) is 5.82 Å². The summed E-state index contributed by atoms with van der Waals surface area (Å²) in [5.41, 5.74) is 2.90. The lowest BCUT2D eigenvalue weighted by Gasteiger charge is -2.26. The van der Waals surface area contributed by atoms with Gasteiger partial charge in [0.2, 0.25) is 0 Å². The molecule has 2 aromatic rings. The molecule has 0 bridgehead atoms. The molecule has 0 saturated carbocycles. The molecule has 0 atom stereocenters. The molecule has 0 radical (unpaired) electrons. The second kappa shape index (κ2) is 8.47. The van der Waals surface area contributed by atoms with Gasteiger partial charge in [-0.1, -0.05) is 37.6 Å². The molecule has 0 fully saturated rings. The molecule has 3 rings (SSSR count). The van der Waals surface area contributed by atoms with E-state index in [1.165, 1.54) is 6.07 Å². The first kappa shape index (κ1) is 18.6. The summed E-state index contributed by atoms with van der Waals surface area (Å²) in [5.74, 6) is -0.290. The number of hydrogen-bond acceptors (Lipinski definition) is 3. The van der Waals surface area contributed by atoms with Crippen LogP contribution in [0.25, 0.3) is 0 Å². The summed E-state index contributed by atoms with van der Waals surface area (Å²) in [6, 6.07) is 12.4. The third kappa shape index (κ3) is 3.97. The fraction of sp³-hybridized carbons (Fsp3) is 0.286. The SMILES string of the molecule is CCN(CC)CCN1C=CN=C(c2ccccc2F)c2cc(Cl)ccc21. The largest absolute Gasteiger partial charge is 0.345 e. The molecule has 0 spiro atoms. The maximum Gasteiger partial charge on any atom is 0.132 e. The number of nitrogens with zero attached hydrogens (tertiary/aromatic N) is 3. The van der Waals surface area contributed by atoms with E-state index < -0.39 is 0 Å². The third-order valence-corrected chi connectivity index (χ3v) is 4.89. The monoisotopic (exact) mass is 371 g/mol. The number of aliphatic imine (C=N–C) groups is 1. The Morgan fingerprint density at radius 3 is 2.58 bits per heavy atom. The van der Waals surface area contributed by atoms with Crippen LogP contribution >= 0.6 is 11.6 Å². The van der Waals surface area contributed by atoms with Gasteiger partial charge in [0.25, 0.3) is 0 Å². The van der Waals surface area contributed by atoms with Crippen molar-refractivity contribution in [3.63, 3.8) is 0 Å². The van der Waals surface area contributed by atoms with E-state index in [0.717, 1.165) is 37.4 Å². The summed E-state index contributed by atoms with van der Waals surface area (Å²) in [4.78, 5) is 9.06. The predicted molar refractivity (Wildman–Crippen MR) is 108 cm³/mol. The molecule has 136 valence electrons. The first-order valence-corrected chi connectivity index (χ1v) is 9.30. The Hall–Kier alpha value is -2.17. The molecular weight excluding hydrogens is 349 g/mol. The summed E-state index contributed by atoms with van der Waals surface area (Å²) in [6.45, 7) is 8.11. The number of hydrogen-bond donors (Lipinski definition) is 0. The highest BCUT2D eigenvalue weighted by atomic mass is 35.5. The maximum atomic E-state index is 14.4. The van der Waals surface area contributed by atoms with E-state index in [-0.39, 0.29) is 5.82 Å². The van der Waals surface area contributed by atoms with E-state index in [0.29, 0.717) is 16.3 Å². The van der Waals surface area contributed by atoms with E-state index in [4.69, 9.17) is 11.6 Å². The molecule has 1 aliphatic rings. The normalized spacial score (nSPS) is 13.6. The standard InChI is InChI=1S/C21H23ClFN3/c1-3-25(4-2)13-14-26-12-11-24-21(17-7-5-6-8-19(17)23)18-15-16(22)9-10-20(18)26/h5-12,15H,3-4,13-14H2,1-2H3. The van der Waals surface area contributed by atoms with Crippen LogP contribution in [-0.2, 0) is 0 Å². The summed E-state index contributed by atoms with van der Waals surface area (Å²) in [7, 11) is 0. The van der Waals surface area contributed by atoms with Crippen molar-refractivity contribution in [1.29, 1.82) is 0 Å². The second-order valence-electron chi connectivity index (χ2n) is 6.14. The Morgan fingerprint density at radius 2 is 1.85 bits per heavy atom. The van der Waals surface area contributed by atoms with Gasteiger partial charge in [0.15, 0.2) is 0 Å². The molecule has 0 unspecified atom stereocenters. The zero-order chi connectivity index (χ0) is 18.5. The number of benzene rings is 2. The van der Waals surface area contributed by atoms with E-state index in [1.807, 2.05) is 30.5 Å². The Morgan fingerprint density at radius 1 is 1.08 bits per heavy atom. The minimum atomic E-state index is -0.290. The fourth-order valence-corrected chi connectivity index (χ4v) is 3.31. The number of rotatable bonds is 6. The van der Waals surface area contributed by atoms with Crippen LogP contribution < -0.4 is 4.90 Å². The van der Waals surface area contributed by atoms with E-state index >= 15 is 0 Å². The number of likely N-dealkylation sites (N-methyl/N-ethyl adjacent to an activating group) is 1. The molecule has 1 heterocycles. The maximum absolute atomic E-state index is 14.4. The van der Waals surface area contributed by atoms with Gasteiger partial charge in [-0.05, 0) is 43.4 Å². The molecule has 2 aromatic carbocycles. The average Bonchev–Trinajstić information content (AvgIpc) is 2.82. The van der Waals surface area contributed by atoms with Crippen molar-refractivity contribution in [2.75, 3.05) is 31.1 Å². The van der Waals surface area contributed by atoms with Crippen molar-refractivity contribution in [2.24, 2.45) is 4.99 Å². The van der Waals surface area contributed by atoms with Crippen LogP contribution in [0, 0.1) is 5.82 Å². The van der Waals surface area contributed by atoms with Gasteiger partial charge in [-0.2, -0.15) is 0 Å². The smallest absolute Gasteiger partial charge is 0.132 e. The molecule has 1 aliphatic heterocycles. The lowest BCUT2D eigenvalue weighted by Crippen LogP contribution is -2.33. The highest BCUT2D eigenvalue weighted by Crippen LogP contribution is 2.30. The Bertz CT molecular complexity index is 828. The molecule has 26 heavy (non-hydrogen) atoms.